The molecular weight excluding hydrogens is 244 g/mol. The fraction of sp³-hybridized carbons (Fsp3) is 0.786. The molecule has 0 unspecified atom stereocenters. The molecule has 1 aromatic heterocycles. The summed E-state index contributed by atoms with van der Waals surface area (Å²) in [6.07, 6.45) is 5.32. The lowest BCUT2D eigenvalue weighted by Crippen LogP contribution is -2.10. The molecule has 0 spiro atoms. The molecule has 1 N–H and O–H groups in total. The molecule has 0 aromatic carbocycles. The van der Waals surface area contributed by atoms with Crippen molar-refractivity contribution in [2.45, 2.75) is 51.7 Å². The Hall–Kier alpha value is -0.450. The van der Waals surface area contributed by atoms with E-state index >= 15 is 0 Å². The van der Waals surface area contributed by atoms with Crippen LogP contribution >= 0.6 is 11.3 Å². The summed E-state index contributed by atoms with van der Waals surface area (Å²) >= 11 is 1.88. The summed E-state index contributed by atoms with van der Waals surface area (Å²) in [5.41, 5.74) is 1.13. The Balaban J connectivity index is 2.10. The van der Waals surface area contributed by atoms with Crippen LogP contribution in [0.2, 0.25) is 0 Å². The van der Waals surface area contributed by atoms with E-state index in [0.717, 1.165) is 18.2 Å². The molecule has 2 rings (SSSR count). The SMILES string of the molecule is CNCc1sc(C2CCC(C)CC2)nc1COC. The highest BCUT2D eigenvalue weighted by Crippen LogP contribution is 2.38. The van der Waals surface area contributed by atoms with Gasteiger partial charge in [-0.15, -0.1) is 11.3 Å². The third-order valence-electron chi connectivity index (χ3n) is 3.78. The van der Waals surface area contributed by atoms with Crippen LogP contribution < -0.4 is 5.32 Å². The first-order valence-electron chi connectivity index (χ1n) is 6.86. The Morgan fingerprint density at radius 1 is 1.33 bits per heavy atom. The second-order valence-electron chi connectivity index (χ2n) is 5.34. The Bertz CT molecular complexity index is 346. The molecule has 0 radical (unpaired) electrons. The van der Waals surface area contributed by atoms with E-state index < -0.39 is 0 Å². The average Bonchev–Trinajstić information content (AvgIpc) is 2.75. The number of nitrogens with zero attached hydrogens (tertiary/aromatic N) is 1. The normalized spacial score (nSPS) is 24.4. The molecule has 0 atom stereocenters. The van der Waals surface area contributed by atoms with Gasteiger partial charge < -0.3 is 10.1 Å². The third kappa shape index (κ3) is 3.31. The predicted octanol–water partition coefficient (Wildman–Crippen LogP) is 3.30. The van der Waals surface area contributed by atoms with Crippen molar-refractivity contribution in [3.63, 3.8) is 0 Å². The van der Waals surface area contributed by atoms with Gasteiger partial charge in [0.05, 0.1) is 17.3 Å². The van der Waals surface area contributed by atoms with E-state index in [2.05, 4.69) is 12.2 Å². The lowest BCUT2D eigenvalue weighted by atomic mass is 9.83. The Morgan fingerprint density at radius 3 is 2.67 bits per heavy atom. The highest BCUT2D eigenvalue weighted by atomic mass is 32.1. The topological polar surface area (TPSA) is 34.2 Å². The van der Waals surface area contributed by atoms with Crippen LogP contribution in [0.15, 0.2) is 0 Å². The van der Waals surface area contributed by atoms with E-state index in [1.807, 2.05) is 18.4 Å². The number of aromatic nitrogens is 1. The molecule has 1 aliphatic rings. The maximum Gasteiger partial charge on any atom is 0.0963 e. The van der Waals surface area contributed by atoms with Crippen molar-refractivity contribution in [3.05, 3.63) is 15.6 Å². The van der Waals surface area contributed by atoms with Crippen molar-refractivity contribution in [1.82, 2.24) is 10.3 Å². The van der Waals surface area contributed by atoms with Crippen molar-refractivity contribution in [3.8, 4) is 0 Å². The van der Waals surface area contributed by atoms with Crippen LogP contribution in [0.4, 0.5) is 0 Å². The van der Waals surface area contributed by atoms with Gasteiger partial charge in [-0.25, -0.2) is 4.98 Å². The largest absolute Gasteiger partial charge is 0.378 e. The zero-order valence-corrected chi connectivity index (χ0v) is 12.5. The third-order valence-corrected chi connectivity index (χ3v) is 5.04. The van der Waals surface area contributed by atoms with Crippen molar-refractivity contribution < 1.29 is 4.74 Å². The molecule has 1 saturated carbocycles. The van der Waals surface area contributed by atoms with Crippen LogP contribution in [0.1, 0.15) is 54.1 Å². The Labute approximate surface area is 114 Å². The number of hydrogen-bond acceptors (Lipinski definition) is 4. The summed E-state index contributed by atoms with van der Waals surface area (Å²) < 4.78 is 5.25. The van der Waals surface area contributed by atoms with Gasteiger partial charge in [-0.05, 0) is 25.8 Å². The van der Waals surface area contributed by atoms with Crippen molar-refractivity contribution in [2.75, 3.05) is 14.2 Å². The molecule has 18 heavy (non-hydrogen) atoms. The van der Waals surface area contributed by atoms with Crippen molar-refractivity contribution in [1.29, 1.82) is 0 Å². The van der Waals surface area contributed by atoms with Crippen LogP contribution in [0.5, 0.6) is 0 Å². The van der Waals surface area contributed by atoms with E-state index in [-0.39, 0.29) is 0 Å². The standard InChI is InChI=1S/C14H24N2OS/c1-10-4-6-11(7-5-10)14-16-12(9-17-3)13(18-14)8-15-2/h10-11,15H,4-9H2,1-3H3. The van der Waals surface area contributed by atoms with Crippen LogP contribution in [-0.4, -0.2) is 19.1 Å². The molecule has 0 bridgehead atoms. The minimum atomic E-state index is 0.636. The molecule has 3 nitrogen and oxygen atoms in total. The predicted molar refractivity (Wildman–Crippen MR) is 76.0 cm³/mol. The Kier molecular flexibility index (Phi) is 5.15. The molecule has 0 aliphatic heterocycles. The van der Waals surface area contributed by atoms with E-state index in [4.69, 9.17) is 9.72 Å². The van der Waals surface area contributed by atoms with E-state index in [1.165, 1.54) is 35.6 Å². The summed E-state index contributed by atoms with van der Waals surface area (Å²) in [6, 6.07) is 0. The summed E-state index contributed by atoms with van der Waals surface area (Å²) in [5, 5.41) is 4.55. The molecule has 4 heteroatoms. The summed E-state index contributed by atoms with van der Waals surface area (Å²) in [5.74, 6) is 1.59. The number of thiazole rings is 1. The zero-order valence-electron chi connectivity index (χ0n) is 11.7. The molecule has 1 aromatic rings. The average molecular weight is 268 g/mol. The minimum absolute atomic E-state index is 0.636. The molecule has 0 amide bonds. The molecule has 1 aliphatic carbocycles. The maximum atomic E-state index is 5.25. The summed E-state index contributed by atoms with van der Waals surface area (Å²) in [6.45, 7) is 3.90. The van der Waals surface area contributed by atoms with Crippen LogP contribution in [0.25, 0.3) is 0 Å². The number of hydrogen-bond donors (Lipinski definition) is 1. The van der Waals surface area contributed by atoms with Gasteiger partial charge in [-0.1, -0.05) is 19.8 Å². The van der Waals surface area contributed by atoms with Gasteiger partial charge in [0.15, 0.2) is 0 Å². The maximum absolute atomic E-state index is 5.25. The van der Waals surface area contributed by atoms with E-state index in [1.54, 1.807) is 7.11 Å². The summed E-state index contributed by atoms with van der Waals surface area (Å²) in [7, 11) is 3.72. The number of methoxy groups -OCH3 is 1. The van der Waals surface area contributed by atoms with Gasteiger partial charge in [0, 0.05) is 24.4 Å². The van der Waals surface area contributed by atoms with E-state index in [9.17, 15) is 0 Å². The molecular formula is C14H24N2OS. The van der Waals surface area contributed by atoms with Crippen molar-refractivity contribution in [2.24, 2.45) is 5.92 Å². The van der Waals surface area contributed by atoms with E-state index in [0.29, 0.717) is 12.5 Å². The fourth-order valence-corrected chi connectivity index (χ4v) is 3.88. The smallest absolute Gasteiger partial charge is 0.0963 e. The van der Waals surface area contributed by atoms with Crippen LogP contribution in [0.3, 0.4) is 0 Å². The van der Waals surface area contributed by atoms with Crippen molar-refractivity contribution >= 4 is 11.3 Å². The molecule has 1 heterocycles. The second kappa shape index (κ2) is 6.64. The van der Waals surface area contributed by atoms with Gasteiger partial charge in [0.1, 0.15) is 0 Å². The molecule has 1 fully saturated rings. The first-order valence-corrected chi connectivity index (χ1v) is 7.68. The van der Waals surface area contributed by atoms with Crippen LogP contribution in [-0.2, 0) is 17.9 Å². The van der Waals surface area contributed by atoms with Gasteiger partial charge in [-0.2, -0.15) is 0 Å². The summed E-state index contributed by atoms with van der Waals surface area (Å²) in [4.78, 5) is 6.16. The number of rotatable bonds is 5. The highest BCUT2D eigenvalue weighted by molar-refractivity contribution is 7.11. The second-order valence-corrected chi connectivity index (χ2v) is 6.46. The van der Waals surface area contributed by atoms with Gasteiger partial charge in [0.2, 0.25) is 0 Å². The monoisotopic (exact) mass is 268 g/mol. The lowest BCUT2D eigenvalue weighted by Gasteiger charge is -2.24. The van der Waals surface area contributed by atoms with Crippen LogP contribution in [0, 0.1) is 5.92 Å². The lowest BCUT2D eigenvalue weighted by molar-refractivity contribution is 0.181. The number of ether oxygens (including phenoxy) is 1. The Morgan fingerprint density at radius 2 is 2.06 bits per heavy atom. The van der Waals surface area contributed by atoms with Gasteiger partial charge in [-0.3, -0.25) is 0 Å². The zero-order chi connectivity index (χ0) is 13.0. The highest BCUT2D eigenvalue weighted by Gasteiger charge is 2.23. The molecule has 0 saturated heterocycles. The minimum Gasteiger partial charge on any atom is -0.378 e. The first kappa shape index (κ1) is 14.0. The van der Waals surface area contributed by atoms with Gasteiger partial charge in [0.25, 0.3) is 0 Å². The fourth-order valence-electron chi connectivity index (χ4n) is 2.63. The number of nitrogens with one attached hydrogen (secondary N) is 1. The first-order chi connectivity index (χ1) is 8.74. The molecule has 102 valence electrons. The quantitative estimate of drug-likeness (QED) is 0.889. The van der Waals surface area contributed by atoms with Gasteiger partial charge >= 0.3 is 0 Å².